The zero-order chi connectivity index (χ0) is 16.4. The Balaban J connectivity index is 1.48. The zero-order valence-electron chi connectivity index (χ0n) is 13.0. The number of hydrogen-bond donors (Lipinski definition) is 2. The summed E-state index contributed by atoms with van der Waals surface area (Å²) in [6.45, 7) is 0.437. The third-order valence-electron chi connectivity index (χ3n) is 5.13. The number of rotatable bonds is 6. The molecule has 0 saturated heterocycles. The average Bonchev–Trinajstić information content (AvgIpc) is 3.36. The topological polar surface area (TPSA) is 83.5 Å². The number of aliphatic carboxylic acids is 1. The summed E-state index contributed by atoms with van der Waals surface area (Å²) in [5, 5.41) is 8.67. The highest BCUT2D eigenvalue weighted by Gasteiger charge is 2.48. The van der Waals surface area contributed by atoms with Gasteiger partial charge < -0.3 is 5.11 Å². The average molecular weight is 337 g/mol. The fraction of sp³-hybridized carbons (Fsp3) is 0.588. The van der Waals surface area contributed by atoms with Crippen molar-refractivity contribution in [3.8, 4) is 0 Å². The summed E-state index contributed by atoms with van der Waals surface area (Å²) in [5.41, 5.74) is 1.09. The van der Waals surface area contributed by atoms with E-state index in [1.54, 1.807) is 0 Å². The predicted molar refractivity (Wildman–Crippen MR) is 87.6 cm³/mol. The summed E-state index contributed by atoms with van der Waals surface area (Å²) < 4.78 is 27.5. The van der Waals surface area contributed by atoms with Gasteiger partial charge in [-0.15, -0.1) is 0 Å². The normalized spacial score (nSPS) is 30.8. The van der Waals surface area contributed by atoms with Gasteiger partial charge in [0.05, 0.1) is 11.2 Å². The van der Waals surface area contributed by atoms with Crippen molar-refractivity contribution in [2.45, 2.75) is 43.3 Å². The number of carbonyl (C=O) groups is 1. The minimum absolute atomic E-state index is 0.108. The van der Waals surface area contributed by atoms with Crippen molar-refractivity contribution in [2.24, 2.45) is 11.8 Å². The first-order valence-corrected chi connectivity index (χ1v) is 9.78. The fourth-order valence-corrected chi connectivity index (χ4v) is 5.25. The van der Waals surface area contributed by atoms with Gasteiger partial charge in [-0.25, -0.2) is 13.1 Å². The second-order valence-corrected chi connectivity index (χ2v) is 8.72. The van der Waals surface area contributed by atoms with E-state index < -0.39 is 16.0 Å². The Morgan fingerprint density at radius 1 is 1.13 bits per heavy atom. The molecule has 0 radical (unpaired) electrons. The summed E-state index contributed by atoms with van der Waals surface area (Å²) >= 11 is 0. The van der Waals surface area contributed by atoms with Gasteiger partial charge in [-0.2, -0.15) is 0 Å². The van der Waals surface area contributed by atoms with Gasteiger partial charge in [-0.05, 0) is 43.6 Å². The SMILES string of the molecule is O=C(O)C1CCC(CNS(=O)(=O)[C@@H]2C[C@H]2c2ccccc2)CC1. The maximum Gasteiger partial charge on any atom is 0.306 e. The van der Waals surface area contributed by atoms with E-state index in [9.17, 15) is 13.2 Å². The lowest BCUT2D eigenvalue weighted by Crippen LogP contribution is -2.34. The highest BCUT2D eigenvalue weighted by atomic mass is 32.2. The van der Waals surface area contributed by atoms with Gasteiger partial charge in [0, 0.05) is 12.5 Å². The fourth-order valence-electron chi connectivity index (χ4n) is 3.52. The van der Waals surface area contributed by atoms with Crippen LogP contribution in [0.1, 0.15) is 43.6 Å². The van der Waals surface area contributed by atoms with Crippen molar-refractivity contribution in [3.05, 3.63) is 35.9 Å². The Hall–Kier alpha value is -1.40. The predicted octanol–water partition coefficient (Wildman–Crippen LogP) is 2.35. The third kappa shape index (κ3) is 3.93. The van der Waals surface area contributed by atoms with Crippen molar-refractivity contribution >= 4 is 16.0 Å². The van der Waals surface area contributed by atoms with E-state index in [0.717, 1.165) is 18.4 Å². The molecule has 0 heterocycles. The first-order chi connectivity index (χ1) is 11.0. The maximum absolute atomic E-state index is 12.4. The second-order valence-electron chi connectivity index (χ2n) is 6.74. The Labute approximate surface area is 137 Å². The van der Waals surface area contributed by atoms with E-state index in [1.807, 2.05) is 30.3 Å². The molecule has 0 amide bonds. The van der Waals surface area contributed by atoms with Gasteiger partial charge in [0.25, 0.3) is 0 Å². The van der Waals surface area contributed by atoms with E-state index in [4.69, 9.17) is 5.11 Å². The Kier molecular flexibility index (Phi) is 4.73. The summed E-state index contributed by atoms with van der Waals surface area (Å²) in [6.07, 6.45) is 3.55. The standard InChI is InChI=1S/C17H23NO4S/c19-17(20)14-8-6-12(7-9-14)11-18-23(21,22)16-10-15(16)13-4-2-1-3-5-13/h1-5,12,14-16,18H,6-11H2,(H,19,20)/t12?,14?,15-,16+/m0/s1. The first-order valence-electron chi connectivity index (χ1n) is 8.23. The van der Waals surface area contributed by atoms with Crippen molar-refractivity contribution < 1.29 is 18.3 Å². The smallest absolute Gasteiger partial charge is 0.306 e. The molecule has 2 N–H and O–H groups in total. The number of hydrogen-bond acceptors (Lipinski definition) is 3. The van der Waals surface area contributed by atoms with Crippen LogP contribution in [0.15, 0.2) is 30.3 Å². The number of benzene rings is 1. The molecule has 0 unspecified atom stereocenters. The molecule has 2 atom stereocenters. The molecular weight excluding hydrogens is 314 g/mol. The molecular formula is C17H23NO4S. The molecule has 126 valence electrons. The van der Waals surface area contributed by atoms with Crippen LogP contribution in [-0.4, -0.2) is 31.3 Å². The van der Waals surface area contributed by atoms with Crippen LogP contribution in [0.4, 0.5) is 0 Å². The van der Waals surface area contributed by atoms with Crippen molar-refractivity contribution in [1.82, 2.24) is 4.72 Å². The molecule has 2 aliphatic rings. The van der Waals surface area contributed by atoms with E-state index in [0.29, 0.717) is 25.8 Å². The monoisotopic (exact) mass is 337 g/mol. The summed E-state index contributed by atoms with van der Waals surface area (Å²) in [5.74, 6) is -0.618. The van der Waals surface area contributed by atoms with E-state index in [2.05, 4.69) is 4.72 Å². The van der Waals surface area contributed by atoms with Gasteiger partial charge in [0.2, 0.25) is 10.0 Å². The molecule has 6 heteroatoms. The lowest BCUT2D eigenvalue weighted by molar-refractivity contribution is -0.143. The molecule has 3 rings (SSSR count). The Bertz CT molecular complexity index is 650. The number of carboxylic acids is 1. The minimum atomic E-state index is -3.28. The first kappa shape index (κ1) is 16.5. The lowest BCUT2D eigenvalue weighted by Gasteiger charge is -2.26. The molecule has 5 nitrogen and oxygen atoms in total. The molecule has 0 bridgehead atoms. The molecule has 0 spiro atoms. The van der Waals surface area contributed by atoms with Crippen molar-refractivity contribution in [1.29, 1.82) is 0 Å². The Morgan fingerprint density at radius 2 is 1.78 bits per heavy atom. The highest BCUT2D eigenvalue weighted by molar-refractivity contribution is 7.90. The third-order valence-corrected chi connectivity index (χ3v) is 7.01. The van der Waals surface area contributed by atoms with Crippen molar-refractivity contribution in [2.75, 3.05) is 6.54 Å². The van der Waals surface area contributed by atoms with Gasteiger partial charge in [-0.1, -0.05) is 30.3 Å². The molecule has 2 aliphatic carbocycles. The summed E-state index contributed by atoms with van der Waals surface area (Å²) in [7, 11) is -3.28. The molecule has 23 heavy (non-hydrogen) atoms. The zero-order valence-corrected chi connectivity index (χ0v) is 13.8. The highest BCUT2D eigenvalue weighted by Crippen LogP contribution is 2.45. The van der Waals surface area contributed by atoms with Crippen LogP contribution in [0.2, 0.25) is 0 Å². The van der Waals surface area contributed by atoms with E-state index in [1.165, 1.54) is 0 Å². The summed E-state index contributed by atoms with van der Waals surface area (Å²) in [6, 6.07) is 9.76. The van der Waals surface area contributed by atoms with Crippen molar-refractivity contribution in [3.63, 3.8) is 0 Å². The number of carboxylic acid groups (broad SMARTS) is 1. The largest absolute Gasteiger partial charge is 0.481 e. The van der Waals surface area contributed by atoms with Crippen LogP contribution in [0.3, 0.4) is 0 Å². The summed E-state index contributed by atoms with van der Waals surface area (Å²) in [4.78, 5) is 10.9. The molecule has 2 saturated carbocycles. The number of nitrogens with one attached hydrogen (secondary N) is 1. The molecule has 1 aromatic carbocycles. The molecule has 0 aliphatic heterocycles. The minimum Gasteiger partial charge on any atom is -0.481 e. The van der Waals surface area contributed by atoms with Crippen LogP contribution in [0.25, 0.3) is 0 Å². The molecule has 1 aromatic rings. The van der Waals surface area contributed by atoms with Gasteiger partial charge in [-0.3, -0.25) is 4.79 Å². The lowest BCUT2D eigenvalue weighted by atomic mass is 9.82. The van der Waals surface area contributed by atoms with Crippen LogP contribution in [0, 0.1) is 11.8 Å². The van der Waals surface area contributed by atoms with Crippen LogP contribution in [0.5, 0.6) is 0 Å². The van der Waals surface area contributed by atoms with Crippen LogP contribution < -0.4 is 4.72 Å². The quantitative estimate of drug-likeness (QED) is 0.835. The Morgan fingerprint density at radius 3 is 2.39 bits per heavy atom. The van der Waals surface area contributed by atoms with Crippen LogP contribution >= 0.6 is 0 Å². The van der Waals surface area contributed by atoms with Gasteiger partial charge >= 0.3 is 5.97 Å². The molecule has 2 fully saturated rings. The van der Waals surface area contributed by atoms with E-state index in [-0.39, 0.29) is 23.0 Å². The second kappa shape index (κ2) is 6.61. The maximum atomic E-state index is 12.4. The van der Waals surface area contributed by atoms with Crippen LogP contribution in [-0.2, 0) is 14.8 Å². The number of sulfonamides is 1. The van der Waals surface area contributed by atoms with Gasteiger partial charge in [0.1, 0.15) is 0 Å². The van der Waals surface area contributed by atoms with Gasteiger partial charge in [0.15, 0.2) is 0 Å². The molecule has 0 aromatic heterocycles. The van der Waals surface area contributed by atoms with E-state index >= 15 is 0 Å².